The summed E-state index contributed by atoms with van der Waals surface area (Å²) in [4.78, 5) is 12.7. The van der Waals surface area contributed by atoms with Crippen LogP contribution < -0.4 is 0 Å². The third kappa shape index (κ3) is 7.56. The molecule has 2 nitrogen and oxygen atoms in total. The Labute approximate surface area is 187 Å². The lowest BCUT2D eigenvalue weighted by Crippen LogP contribution is -2.32. The van der Waals surface area contributed by atoms with E-state index in [0.717, 1.165) is 49.4 Å². The first-order chi connectivity index (χ1) is 14.7. The molecule has 0 amide bonds. The quantitative estimate of drug-likeness (QED) is 0.263. The molecule has 30 heavy (non-hydrogen) atoms. The van der Waals surface area contributed by atoms with Crippen molar-refractivity contribution in [3.8, 4) is 0 Å². The van der Waals surface area contributed by atoms with Gasteiger partial charge in [0, 0.05) is 0 Å². The number of esters is 1. The first kappa shape index (κ1) is 24.1. The average molecular weight is 419 g/mol. The standard InChI is InChI=1S/C28H50O2/c1-3-5-6-7-8-9-23-10-14-24(15-11-23)25-16-18-26(19-17-25)28(29)30-27-20-12-22(4-2)13-21-27/h22-27H,3-21H2,1-2H3. The van der Waals surface area contributed by atoms with Crippen molar-refractivity contribution in [1.29, 1.82) is 0 Å². The van der Waals surface area contributed by atoms with Gasteiger partial charge in [-0.1, -0.05) is 71.6 Å². The molecular formula is C28H50O2. The molecule has 3 aliphatic carbocycles. The highest BCUT2D eigenvalue weighted by Gasteiger charge is 2.34. The van der Waals surface area contributed by atoms with E-state index in [2.05, 4.69) is 13.8 Å². The van der Waals surface area contributed by atoms with Crippen molar-refractivity contribution < 1.29 is 9.53 Å². The van der Waals surface area contributed by atoms with Gasteiger partial charge >= 0.3 is 5.97 Å². The number of unbranched alkanes of at least 4 members (excludes halogenated alkanes) is 4. The molecule has 0 heterocycles. The molecule has 2 heteroatoms. The van der Waals surface area contributed by atoms with Gasteiger partial charge in [0.25, 0.3) is 0 Å². The molecule has 3 rings (SSSR count). The molecule has 3 fully saturated rings. The summed E-state index contributed by atoms with van der Waals surface area (Å²) in [5.74, 6) is 4.05. The zero-order chi connectivity index (χ0) is 21.2. The summed E-state index contributed by atoms with van der Waals surface area (Å²) in [7, 11) is 0. The van der Waals surface area contributed by atoms with Crippen molar-refractivity contribution in [2.45, 2.75) is 142 Å². The monoisotopic (exact) mass is 418 g/mol. The maximum absolute atomic E-state index is 12.7. The van der Waals surface area contributed by atoms with Gasteiger partial charge in [0.2, 0.25) is 0 Å². The second-order valence-corrected chi connectivity index (χ2v) is 11.1. The lowest BCUT2D eigenvalue weighted by atomic mass is 9.68. The molecular weight excluding hydrogens is 368 g/mol. The molecule has 174 valence electrons. The Bertz CT molecular complexity index is 463. The van der Waals surface area contributed by atoms with Gasteiger partial charge in [-0.15, -0.1) is 0 Å². The summed E-state index contributed by atoms with van der Waals surface area (Å²) < 4.78 is 5.94. The highest BCUT2D eigenvalue weighted by Crippen LogP contribution is 2.42. The van der Waals surface area contributed by atoms with Crippen LogP contribution in [0.2, 0.25) is 0 Å². The third-order valence-corrected chi connectivity index (χ3v) is 9.03. The van der Waals surface area contributed by atoms with Gasteiger partial charge in [-0.2, -0.15) is 0 Å². The van der Waals surface area contributed by atoms with Crippen LogP contribution in [0, 0.1) is 29.6 Å². The van der Waals surface area contributed by atoms with Crippen molar-refractivity contribution in [1.82, 2.24) is 0 Å². The van der Waals surface area contributed by atoms with Crippen LogP contribution in [-0.2, 0) is 9.53 Å². The minimum Gasteiger partial charge on any atom is -0.462 e. The van der Waals surface area contributed by atoms with Crippen LogP contribution in [0.25, 0.3) is 0 Å². The minimum absolute atomic E-state index is 0.139. The van der Waals surface area contributed by atoms with E-state index >= 15 is 0 Å². The topological polar surface area (TPSA) is 26.3 Å². The molecule has 0 aromatic rings. The van der Waals surface area contributed by atoms with Gasteiger partial charge in [0.05, 0.1) is 5.92 Å². The molecule has 0 aliphatic heterocycles. The van der Waals surface area contributed by atoms with E-state index in [4.69, 9.17) is 4.74 Å². The average Bonchev–Trinajstić information content (AvgIpc) is 2.80. The lowest BCUT2D eigenvalue weighted by molar-refractivity contribution is -0.157. The van der Waals surface area contributed by atoms with E-state index in [9.17, 15) is 4.79 Å². The van der Waals surface area contributed by atoms with Gasteiger partial charge < -0.3 is 4.74 Å². The minimum atomic E-state index is 0.139. The molecule has 0 N–H and O–H groups in total. The first-order valence-electron chi connectivity index (χ1n) is 13.9. The molecule has 0 aromatic heterocycles. The Hall–Kier alpha value is -0.530. The maximum atomic E-state index is 12.7. The molecule has 3 saturated carbocycles. The van der Waals surface area contributed by atoms with E-state index in [1.54, 1.807) is 0 Å². The molecule has 0 aromatic carbocycles. The SMILES string of the molecule is CCCCCCCC1CCC(C2CCC(C(=O)OC3CCC(CC)CC3)CC2)CC1. The molecule has 0 unspecified atom stereocenters. The molecule has 3 aliphatic rings. The van der Waals surface area contributed by atoms with E-state index in [1.807, 2.05) is 0 Å². The van der Waals surface area contributed by atoms with Crippen molar-refractivity contribution in [2.75, 3.05) is 0 Å². The number of carbonyl (C=O) groups excluding carboxylic acids is 1. The summed E-state index contributed by atoms with van der Waals surface area (Å²) in [5, 5.41) is 0. The number of rotatable bonds is 10. The summed E-state index contributed by atoms with van der Waals surface area (Å²) in [6, 6.07) is 0. The van der Waals surface area contributed by atoms with Gasteiger partial charge in [-0.3, -0.25) is 4.79 Å². The van der Waals surface area contributed by atoms with E-state index < -0.39 is 0 Å². The Morgan fingerprint density at radius 2 is 1.23 bits per heavy atom. The van der Waals surface area contributed by atoms with Crippen molar-refractivity contribution >= 4 is 5.97 Å². The van der Waals surface area contributed by atoms with Crippen LogP contribution in [0.15, 0.2) is 0 Å². The summed E-state index contributed by atoms with van der Waals surface area (Å²) >= 11 is 0. The largest absolute Gasteiger partial charge is 0.462 e. The summed E-state index contributed by atoms with van der Waals surface area (Å²) in [6.07, 6.45) is 25.4. The fourth-order valence-corrected chi connectivity index (χ4v) is 6.73. The highest BCUT2D eigenvalue weighted by molar-refractivity contribution is 5.72. The summed E-state index contributed by atoms with van der Waals surface area (Å²) in [5.41, 5.74) is 0. The Morgan fingerprint density at radius 1 is 0.667 bits per heavy atom. The molecule has 0 spiro atoms. The van der Waals surface area contributed by atoms with Crippen molar-refractivity contribution in [3.05, 3.63) is 0 Å². The van der Waals surface area contributed by atoms with E-state index in [-0.39, 0.29) is 18.0 Å². The predicted octanol–water partition coefficient (Wildman–Crippen LogP) is 8.47. The first-order valence-corrected chi connectivity index (χ1v) is 13.9. The van der Waals surface area contributed by atoms with E-state index in [0.29, 0.717) is 0 Å². The zero-order valence-corrected chi connectivity index (χ0v) is 20.2. The van der Waals surface area contributed by atoms with Gasteiger partial charge in [-0.05, 0) is 87.9 Å². The van der Waals surface area contributed by atoms with Gasteiger partial charge in [-0.25, -0.2) is 0 Å². The van der Waals surface area contributed by atoms with Gasteiger partial charge in [0.1, 0.15) is 6.10 Å². The van der Waals surface area contributed by atoms with Crippen LogP contribution in [0.4, 0.5) is 0 Å². The number of ether oxygens (including phenoxy) is 1. The Morgan fingerprint density at radius 3 is 1.83 bits per heavy atom. The van der Waals surface area contributed by atoms with Crippen LogP contribution in [0.1, 0.15) is 136 Å². The van der Waals surface area contributed by atoms with E-state index in [1.165, 1.54) is 96.3 Å². The third-order valence-electron chi connectivity index (χ3n) is 9.03. The van der Waals surface area contributed by atoms with Crippen LogP contribution in [-0.4, -0.2) is 12.1 Å². The summed E-state index contributed by atoms with van der Waals surface area (Å²) in [6.45, 7) is 4.59. The second-order valence-electron chi connectivity index (χ2n) is 11.1. The molecule has 0 atom stereocenters. The normalized spacial score (nSPS) is 35.1. The second kappa shape index (κ2) is 13.1. The smallest absolute Gasteiger partial charge is 0.309 e. The number of carbonyl (C=O) groups is 1. The fraction of sp³-hybridized carbons (Fsp3) is 0.964. The number of hydrogen-bond donors (Lipinski definition) is 0. The Balaban J connectivity index is 1.28. The molecule has 0 saturated heterocycles. The van der Waals surface area contributed by atoms with Crippen LogP contribution >= 0.6 is 0 Å². The van der Waals surface area contributed by atoms with Crippen molar-refractivity contribution in [2.24, 2.45) is 29.6 Å². The van der Waals surface area contributed by atoms with Crippen LogP contribution in [0.5, 0.6) is 0 Å². The Kier molecular flexibility index (Phi) is 10.5. The predicted molar refractivity (Wildman–Crippen MR) is 126 cm³/mol. The highest BCUT2D eigenvalue weighted by atomic mass is 16.5. The number of hydrogen-bond acceptors (Lipinski definition) is 2. The van der Waals surface area contributed by atoms with Crippen LogP contribution in [0.3, 0.4) is 0 Å². The molecule has 0 bridgehead atoms. The maximum Gasteiger partial charge on any atom is 0.309 e. The fourth-order valence-electron chi connectivity index (χ4n) is 6.73. The van der Waals surface area contributed by atoms with Crippen molar-refractivity contribution in [3.63, 3.8) is 0 Å². The lowest BCUT2D eigenvalue weighted by Gasteiger charge is -2.38. The molecule has 0 radical (unpaired) electrons. The van der Waals surface area contributed by atoms with Gasteiger partial charge in [0.15, 0.2) is 0 Å². The zero-order valence-electron chi connectivity index (χ0n) is 20.2.